The van der Waals surface area contributed by atoms with Gasteiger partial charge in [-0.3, -0.25) is 9.78 Å². The Labute approximate surface area is 160 Å². The summed E-state index contributed by atoms with van der Waals surface area (Å²) in [5.74, 6) is 0.758. The monoisotopic (exact) mass is 383 g/mol. The standard InChI is InChI=1S/C18H21N3O2.2ClH/c1-14-11-20-8-9-21(14)18(22)16-5-2-6-17(10-16)23-13-15-4-3-7-19-12-15;;/h2-7,10,12,14,20H,8-9,11,13H2,1H3;2*1H/t14-;;/m1../s1. The van der Waals surface area contributed by atoms with Gasteiger partial charge in [0.05, 0.1) is 0 Å². The summed E-state index contributed by atoms with van der Waals surface area (Å²) in [5.41, 5.74) is 1.67. The Kier molecular flexibility index (Phi) is 8.69. The molecular formula is C18H23Cl2N3O2. The number of aromatic nitrogens is 1. The largest absolute Gasteiger partial charge is 0.489 e. The second kappa shape index (κ2) is 10.2. The maximum atomic E-state index is 12.7. The highest BCUT2D eigenvalue weighted by molar-refractivity contribution is 5.94. The first-order valence-corrected chi connectivity index (χ1v) is 7.87. The number of hydrogen-bond donors (Lipinski definition) is 1. The number of halogens is 2. The second-order valence-corrected chi connectivity index (χ2v) is 5.73. The van der Waals surface area contributed by atoms with E-state index in [0.717, 1.165) is 25.2 Å². The van der Waals surface area contributed by atoms with Crippen LogP contribution in [0.15, 0.2) is 48.8 Å². The second-order valence-electron chi connectivity index (χ2n) is 5.73. The third-order valence-corrected chi connectivity index (χ3v) is 3.97. The lowest BCUT2D eigenvalue weighted by Gasteiger charge is -2.34. The molecule has 0 saturated carbocycles. The number of rotatable bonds is 4. The van der Waals surface area contributed by atoms with Gasteiger partial charge in [0.15, 0.2) is 0 Å². The summed E-state index contributed by atoms with van der Waals surface area (Å²) in [7, 11) is 0. The van der Waals surface area contributed by atoms with Crippen molar-refractivity contribution < 1.29 is 9.53 Å². The molecule has 0 unspecified atom stereocenters. The van der Waals surface area contributed by atoms with Gasteiger partial charge in [0.2, 0.25) is 0 Å². The van der Waals surface area contributed by atoms with Crippen molar-refractivity contribution >= 4 is 30.7 Å². The van der Waals surface area contributed by atoms with E-state index in [4.69, 9.17) is 4.74 Å². The van der Waals surface area contributed by atoms with E-state index in [1.807, 2.05) is 41.3 Å². The van der Waals surface area contributed by atoms with Crippen molar-refractivity contribution in [3.63, 3.8) is 0 Å². The van der Waals surface area contributed by atoms with Crippen LogP contribution in [-0.4, -0.2) is 41.5 Å². The van der Waals surface area contributed by atoms with Crippen LogP contribution in [0.2, 0.25) is 0 Å². The molecule has 7 heteroatoms. The van der Waals surface area contributed by atoms with Crippen molar-refractivity contribution in [1.29, 1.82) is 0 Å². The van der Waals surface area contributed by atoms with Gasteiger partial charge in [0.25, 0.3) is 5.91 Å². The molecule has 2 heterocycles. The van der Waals surface area contributed by atoms with E-state index >= 15 is 0 Å². The Balaban J connectivity index is 0.00000156. The summed E-state index contributed by atoms with van der Waals surface area (Å²) >= 11 is 0. The summed E-state index contributed by atoms with van der Waals surface area (Å²) in [4.78, 5) is 18.6. The van der Waals surface area contributed by atoms with Gasteiger partial charge in [0.1, 0.15) is 12.4 Å². The average molecular weight is 384 g/mol. The summed E-state index contributed by atoms with van der Waals surface area (Å²) in [5, 5.41) is 3.30. The van der Waals surface area contributed by atoms with Gasteiger partial charge in [-0.15, -0.1) is 24.8 Å². The number of nitrogens with one attached hydrogen (secondary N) is 1. The molecule has 1 aromatic carbocycles. The number of hydrogen-bond acceptors (Lipinski definition) is 4. The molecule has 1 amide bonds. The summed E-state index contributed by atoms with van der Waals surface area (Å²) in [6.07, 6.45) is 3.51. The number of carbonyl (C=O) groups excluding carboxylic acids is 1. The number of piperazine rings is 1. The molecule has 136 valence electrons. The molecule has 0 bridgehead atoms. The van der Waals surface area contributed by atoms with E-state index in [0.29, 0.717) is 17.9 Å². The first kappa shape index (κ1) is 21.2. The van der Waals surface area contributed by atoms with E-state index in [1.54, 1.807) is 12.4 Å². The molecule has 1 atom stereocenters. The van der Waals surface area contributed by atoms with Crippen LogP contribution in [0.25, 0.3) is 0 Å². The average Bonchev–Trinajstić information content (AvgIpc) is 2.61. The highest BCUT2D eigenvalue weighted by atomic mass is 35.5. The van der Waals surface area contributed by atoms with Crippen LogP contribution in [0.3, 0.4) is 0 Å². The summed E-state index contributed by atoms with van der Waals surface area (Å²) < 4.78 is 5.77. The first-order valence-electron chi connectivity index (χ1n) is 7.87. The normalized spacial score (nSPS) is 16.4. The van der Waals surface area contributed by atoms with Gasteiger partial charge >= 0.3 is 0 Å². The van der Waals surface area contributed by atoms with Crippen molar-refractivity contribution in [2.24, 2.45) is 0 Å². The van der Waals surface area contributed by atoms with Crippen LogP contribution in [0.5, 0.6) is 5.75 Å². The van der Waals surface area contributed by atoms with E-state index in [2.05, 4.69) is 17.2 Å². The molecule has 1 aliphatic rings. The number of nitrogens with zero attached hydrogens (tertiary/aromatic N) is 2. The number of carbonyl (C=O) groups is 1. The van der Waals surface area contributed by atoms with E-state index in [1.165, 1.54) is 0 Å². The zero-order valence-corrected chi connectivity index (χ0v) is 15.7. The third kappa shape index (κ3) is 5.59. The highest BCUT2D eigenvalue weighted by Crippen LogP contribution is 2.18. The predicted molar refractivity (Wildman–Crippen MR) is 103 cm³/mol. The molecule has 1 aliphatic heterocycles. The third-order valence-electron chi connectivity index (χ3n) is 3.97. The Morgan fingerprint density at radius 1 is 1.32 bits per heavy atom. The quantitative estimate of drug-likeness (QED) is 0.881. The Bertz CT molecular complexity index is 670. The van der Waals surface area contributed by atoms with Gasteiger partial charge < -0.3 is 15.0 Å². The fourth-order valence-electron chi connectivity index (χ4n) is 2.68. The number of benzene rings is 1. The van der Waals surface area contributed by atoms with Crippen molar-refractivity contribution in [3.05, 3.63) is 59.9 Å². The maximum Gasteiger partial charge on any atom is 0.254 e. The number of ether oxygens (including phenoxy) is 1. The molecule has 1 fully saturated rings. The molecule has 2 aromatic rings. The minimum absolute atomic E-state index is 0. The van der Waals surface area contributed by atoms with Crippen molar-refractivity contribution in [1.82, 2.24) is 15.2 Å². The summed E-state index contributed by atoms with van der Waals surface area (Å²) in [6, 6.07) is 11.4. The molecular weight excluding hydrogens is 361 g/mol. The Morgan fingerprint density at radius 2 is 2.16 bits per heavy atom. The van der Waals surface area contributed by atoms with Crippen LogP contribution in [-0.2, 0) is 6.61 Å². The Hall–Kier alpha value is -1.82. The topological polar surface area (TPSA) is 54.5 Å². The number of pyridine rings is 1. The van der Waals surface area contributed by atoms with Crippen LogP contribution >= 0.6 is 24.8 Å². The molecule has 25 heavy (non-hydrogen) atoms. The lowest BCUT2D eigenvalue weighted by Crippen LogP contribution is -2.52. The molecule has 1 aromatic heterocycles. The van der Waals surface area contributed by atoms with E-state index in [9.17, 15) is 4.79 Å². The van der Waals surface area contributed by atoms with Crippen molar-refractivity contribution in [2.75, 3.05) is 19.6 Å². The van der Waals surface area contributed by atoms with E-state index < -0.39 is 0 Å². The van der Waals surface area contributed by atoms with Crippen molar-refractivity contribution in [2.45, 2.75) is 19.6 Å². The van der Waals surface area contributed by atoms with Crippen LogP contribution in [0, 0.1) is 0 Å². The zero-order valence-electron chi connectivity index (χ0n) is 14.1. The molecule has 0 aliphatic carbocycles. The van der Waals surface area contributed by atoms with Gasteiger partial charge in [-0.05, 0) is 31.2 Å². The highest BCUT2D eigenvalue weighted by Gasteiger charge is 2.24. The minimum atomic E-state index is 0. The SMILES string of the molecule is C[C@@H]1CNCCN1C(=O)c1cccc(OCc2cccnc2)c1.Cl.Cl. The lowest BCUT2D eigenvalue weighted by molar-refractivity contribution is 0.0655. The van der Waals surface area contributed by atoms with Crippen molar-refractivity contribution in [3.8, 4) is 5.75 Å². The van der Waals surface area contributed by atoms with Gasteiger partial charge in [0, 0.05) is 49.2 Å². The van der Waals surface area contributed by atoms with Gasteiger partial charge in [-0.2, -0.15) is 0 Å². The first-order chi connectivity index (χ1) is 11.2. The van der Waals surface area contributed by atoms with Gasteiger partial charge in [-0.1, -0.05) is 12.1 Å². The molecule has 3 rings (SSSR count). The predicted octanol–water partition coefficient (Wildman–Crippen LogP) is 2.94. The van der Waals surface area contributed by atoms with Crippen LogP contribution in [0.4, 0.5) is 0 Å². The molecule has 1 saturated heterocycles. The Morgan fingerprint density at radius 3 is 2.88 bits per heavy atom. The lowest BCUT2D eigenvalue weighted by atomic mass is 10.1. The molecule has 1 N–H and O–H groups in total. The van der Waals surface area contributed by atoms with Gasteiger partial charge in [-0.25, -0.2) is 0 Å². The number of amides is 1. The minimum Gasteiger partial charge on any atom is -0.489 e. The fourth-order valence-corrected chi connectivity index (χ4v) is 2.68. The molecule has 0 radical (unpaired) electrons. The molecule has 5 nitrogen and oxygen atoms in total. The molecule has 0 spiro atoms. The maximum absolute atomic E-state index is 12.7. The summed E-state index contributed by atoms with van der Waals surface area (Å²) in [6.45, 7) is 4.92. The van der Waals surface area contributed by atoms with Crippen LogP contribution in [0.1, 0.15) is 22.8 Å². The smallest absolute Gasteiger partial charge is 0.254 e. The van der Waals surface area contributed by atoms with E-state index in [-0.39, 0.29) is 36.8 Å². The zero-order chi connectivity index (χ0) is 16.1. The fraction of sp³-hybridized carbons (Fsp3) is 0.333. The van der Waals surface area contributed by atoms with Crippen LogP contribution < -0.4 is 10.1 Å².